The lowest BCUT2D eigenvalue weighted by Crippen LogP contribution is -2.50. The van der Waals surface area contributed by atoms with Crippen molar-refractivity contribution in [2.45, 2.75) is 44.9 Å². The largest absolute Gasteiger partial charge is 0.435 e. The Balaban J connectivity index is 1.34. The molecule has 2 aromatic rings. The Bertz CT molecular complexity index is 933. The van der Waals surface area contributed by atoms with Crippen molar-refractivity contribution >= 4 is 17.5 Å². The van der Waals surface area contributed by atoms with E-state index in [1.807, 2.05) is 24.3 Å². The third-order valence-electron chi connectivity index (χ3n) is 6.00. The molecular weight excluding hydrogens is 429 g/mol. The van der Waals surface area contributed by atoms with Gasteiger partial charge in [0.15, 0.2) is 5.69 Å². The monoisotopic (exact) mass is 454 g/mol. The summed E-state index contributed by atoms with van der Waals surface area (Å²) >= 11 is 6.24. The lowest BCUT2D eigenvalue weighted by atomic mass is 10.1. The Kier molecular flexibility index (Phi) is 6.30. The number of halogens is 4. The van der Waals surface area contributed by atoms with Gasteiger partial charge in [-0.15, -0.1) is 0 Å². The standard InChI is InChI=1S/C22H26ClF3N4O/c1-15(13-30-19(16-6-7-16)12-20(27-30)22(24,25)26)21(31)29-10-8-28(9-11-29)14-17-4-2-3-5-18(17)23/h2-5,12,15-16H,6-11,13-14H2,1H3. The highest BCUT2D eigenvalue weighted by Gasteiger charge is 2.38. The number of benzene rings is 1. The fourth-order valence-electron chi connectivity index (χ4n) is 4.07. The lowest BCUT2D eigenvalue weighted by molar-refractivity contribution is -0.141. The van der Waals surface area contributed by atoms with Crippen molar-refractivity contribution in [1.82, 2.24) is 19.6 Å². The van der Waals surface area contributed by atoms with Gasteiger partial charge in [-0.1, -0.05) is 36.7 Å². The lowest BCUT2D eigenvalue weighted by Gasteiger charge is -2.36. The maximum Gasteiger partial charge on any atom is 0.435 e. The van der Waals surface area contributed by atoms with Gasteiger partial charge >= 0.3 is 6.18 Å². The Morgan fingerprint density at radius 1 is 1.19 bits per heavy atom. The van der Waals surface area contributed by atoms with Gasteiger partial charge in [0.2, 0.25) is 5.91 Å². The highest BCUT2D eigenvalue weighted by Crippen LogP contribution is 2.42. The summed E-state index contributed by atoms with van der Waals surface area (Å²) in [4.78, 5) is 17.0. The van der Waals surface area contributed by atoms with Crippen LogP contribution in [0.15, 0.2) is 30.3 Å². The molecule has 1 saturated carbocycles. The van der Waals surface area contributed by atoms with Gasteiger partial charge in [0, 0.05) is 49.4 Å². The first kappa shape index (κ1) is 22.1. The Morgan fingerprint density at radius 3 is 2.48 bits per heavy atom. The molecular formula is C22H26ClF3N4O. The number of alkyl halides is 3. The van der Waals surface area contributed by atoms with Crippen LogP contribution in [-0.4, -0.2) is 51.7 Å². The van der Waals surface area contributed by atoms with Gasteiger partial charge in [-0.2, -0.15) is 18.3 Å². The van der Waals surface area contributed by atoms with E-state index in [2.05, 4.69) is 10.00 Å². The molecule has 0 spiro atoms. The maximum absolute atomic E-state index is 13.1. The minimum atomic E-state index is -4.47. The van der Waals surface area contributed by atoms with Crippen molar-refractivity contribution in [3.8, 4) is 0 Å². The van der Waals surface area contributed by atoms with E-state index in [-0.39, 0.29) is 18.4 Å². The molecule has 1 saturated heterocycles. The second-order valence-corrected chi connectivity index (χ2v) is 8.91. The molecule has 1 unspecified atom stereocenters. The van der Waals surface area contributed by atoms with E-state index in [1.54, 1.807) is 11.8 Å². The SMILES string of the molecule is CC(Cn1nc(C(F)(F)F)cc1C1CC1)C(=O)N1CCN(Cc2ccccc2Cl)CC1. The third-order valence-corrected chi connectivity index (χ3v) is 6.37. The molecule has 1 aliphatic heterocycles. The zero-order valence-corrected chi connectivity index (χ0v) is 18.2. The summed E-state index contributed by atoms with van der Waals surface area (Å²) in [6.07, 6.45) is -2.72. The van der Waals surface area contributed by atoms with Crippen LogP contribution < -0.4 is 0 Å². The number of carbonyl (C=O) groups is 1. The van der Waals surface area contributed by atoms with Crippen LogP contribution in [0.2, 0.25) is 5.02 Å². The zero-order valence-electron chi connectivity index (χ0n) is 17.4. The third kappa shape index (κ3) is 5.23. The van der Waals surface area contributed by atoms with Crippen LogP contribution in [0, 0.1) is 5.92 Å². The predicted molar refractivity (Wildman–Crippen MR) is 112 cm³/mol. The van der Waals surface area contributed by atoms with Crippen LogP contribution in [0.1, 0.15) is 42.6 Å². The number of hydrogen-bond donors (Lipinski definition) is 0. The molecule has 2 fully saturated rings. The summed E-state index contributed by atoms with van der Waals surface area (Å²) in [5.74, 6) is -0.351. The topological polar surface area (TPSA) is 41.4 Å². The zero-order chi connectivity index (χ0) is 22.2. The van der Waals surface area contributed by atoms with Gasteiger partial charge in [0.1, 0.15) is 0 Å². The quantitative estimate of drug-likeness (QED) is 0.649. The van der Waals surface area contributed by atoms with E-state index < -0.39 is 17.8 Å². The van der Waals surface area contributed by atoms with Crippen LogP contribution in [0.5, 0.6) is 0 Å². The predicted octanol–water partition coefficient (Wildman–Crippen LogP) is 4.41. The average molecular weight is 455 g/mol. The molecule has 1 aliphatic carbocycles. The number of carbonyl (C=O) groups excluding carboxylic acids is 1. The van der Waals surface area contributed by atoms with Gasteiger partial charge in [-0.05, 0) is 30.5 Å². The van der Waals surface area contributed by atoms with Gasteiger partial charge in [-0.25, -0.2) is 0 Å². The molecule has 168 valence electrons. The van der Waals surface area contributed by atoms with Gasteiger partial charge in [-0.3, -0.25) is 14.4 Å². The molecule has 0 N–H and O–H groups in total. The minimum Gasteiger partial charge on any atom is -0.340 e. The first-order valence-corrected chi connectivity index (χ1v) is 11.0. The van der Waals surface area contributed by atoms with Gasteiger partial charge in [0.05, 0.1) is 12.5 Å². The fourth-order valence-corrected chi connectivity index (χ4v) is 4.26. The van der Waals surface area contributed by atoms with Crippen LogP contribution in [0.25, 0.3) is 0 Å². The molecule has 0 radical (unpaired) electrons. The number of aromatic nitrogens is 2. The first-order chi connectivity index (χ1) is 14.7. The second-order valence-electron chi connectivity index (χ2n) is 8.50. The summed E-state index contributed by atoms with van der Waals surface area (Å²) in [6.45, 7) is 5.32. The molecule has 31 heavy (non-hydrogen) atoms. The smallest absolute Gasteiger partial charge is 0.340 e. The molecule has 2 heterocycles. The van der Waals surface area contributed by atoms with Crippen molar-refractivity contribution in [2.24, 2.45) is 5.92 Å². The molecule has 2 aliphatic rings. The number of hydrogen-bond acceptors (Lipinski definition) is 3. The summed E-state index contributed by atoms with van der Waals surface area (Å²) < 4.78 is 40.7. The summed E-state index contributed by atoms with van der Waals surface area (Å²) in [5.41, 5.74) is 0.780. The number of nitrogens with zero attached hydrogens (tertiary/aromatic N) is 4. The first-order valence-electron chi connectivity index (χ1n) is 10.6. The second kappa shape index (κ2) is 8.82. The molecule has 9 heteroatoms. The molecule has 4 rings (SSSR count). The van der Waals surface area contributed by atoms with Gasteiger partial charge in [0.25, 0.3) is 0 Å². The highest BCUT2D eigenvalue weighted by molar-refractivity contribution is 6.31. The summed E-state index contributed by atoms with van der Waals surface area (Å²) in [7, 11) is 0. The van der Waals surface area contributed by atoms with E-state index in [9.17, 15) is 18.0 Å². The van der Waals surface area contributed by atoms with E-state index in [0.29, 0.717) is 18.8 Å². The summed E-state index contributed by atoms with van der Waals surface area (Å²) in [5, 5.41) is 4.51. The van der Waals surface area contributed by atoms with Gasteiger partial charge < -0.3 is 4.90 Å². The number of amides is 1. The molecule has 1 amide bonds. The van der Waals surface area contributed by atoms with Crippen molar-refractivity contribution in [3.63, 3.8) is 0 Å². The van der Waals surface area contributed by atoms with E-state index >= 15 is 0 Å². The molecule has 1 aromatic carbocycles. The van der Waals surface area contributed by atoms with Crippen LogP contribution in [-0.2, 0) is 24.1 Å². The Morgan fingerprint density at radius 2 is 1.87 bits per heavy atom. The summed E-state index contributed by atoms with van der Waals surface area (Å²) in [6, 6.07) is 8.86. The Labute approximate surface area is 184 Å². The van der Waals surface area contributed by atoms with Crippen LogP contribution >= 0.6 is 11.6 Å². The van der Waals surface area contributed by atoms with Crippen LogP contribution in [0.4, 0.5) is 13.2 Å². The minimum absolute atomic E-state index is 0.0387. The number of rotatable bonds is 6. The number of piperazine rings is 1. The Hall–Kier alpha value is -2.06. The van der Waals surface area contributed by atoms with Crippen molar-refractivity contribution in [3.05, 3.63) is 52.3 Å². The molecule has 0 bridgehead atoms. The van der Waals surface area contributed by atoms with E-state index in [4.69, 9.17) is 11.6 Å². The van der Waals surface area contributed by atoms with E-state index in [0.717, 1.165) is 49.1 Å². The highest BCUT2D eigenvalue weighted by atomic mass is 35.5. The van der Waals surface area contributed by atoms with Crippen molar-refractivity contribution < 1.29 is 18.0 Å². The molecule has 5 nitrogen and oxygen atoms in total. The normalized spacial score (nSPS) is 18.9. The molecule has 1 aromatic heterocycles. The average Bonchev–Trinajstić information content (AvgIpc) is 3.48. The maximum atomic E-state index is 13.1. The van der Waals surface area contributed by atoms with Crippen LogP contribution in [0.3, 0.4) is 0 Å². The van der Waals surface area contributed by atoms with Crippen molar-refractivity contribution in [1.29, 1.82) is 0 Å². The van der Waals surface area contributed by atoms with Crippen molar-refractivity contribution in [2.75, 3.05) is 26.2 Å². The molecule has 1 atom stereocenters. The fraction of sp³-hybridized carbons (Fsp3) is 0.545. The van der Waals surface area contributed by atoms with E-state index in [1.165, 1.54) is 4.68 Å².